The van der Waals surface area contributed by atoms with Crippen molar-refractivity contribution in [2.75, 3.05) is 18.9 Å². The number of ether oxygens (including phenoxy) is 1. The summed E-state index contributed by atoms with van der Waals surface area (Å²) in [6.45, 7) is 2.90. The van der Waals surface area contributed by atoms with Crippen LogP contribution in [0.15, 0.2) is 17.3 Å². The van der Waals surface area contributed by atoms with Crippen molar-refractivity contribution < 1.29 is 9.53 Å². The molecule has 0 fully saturated rings. The highest BCUT2D eigenvalue weighted by Crippen LogP contribution is 2.04. The average molecular weight is 200 g/mol. The van der Waals surface area contributed by atoms with Crippen LogP contribution in [-0.4, -0.2) is 30.0 Å². The summed E-state index contributed by atoms with van der Waals surface area (Å²) in [4.78, 5) is 15.1. The molecule has 1 rings (SSSR count). The van der Waals surface area contributed by atoms with Crippen LogP contribution in [0.5, 0.6) is 0 Å². The molecule has 0 saturated carbocycles. The molecule has 0 aliphatic carbocycles. The first kappa shape index (κ1) is 10.1. The topological polar surface area (TPSA) is 50.7 Å². The van der Waals surface area contributed by atoms with E-state index in [2.05, 4.69) is 10.3 Å². The molecule has 4 nitrogen and oxygen atoms in total. The lowest BCUT2D eigenvalue weighted by Crippen LogP contribution is -2.19. The lowest BCUT2D eigenvalue weighted by atomic mass is 10.6. The lowest BCUT2D eigenvalue weighted by Gasteiger charge is -2.07. The van der Waals surface area contributed by atoms with Gasteiger partial charge in [0.2, 0.25) is 0 Å². The number of rotatable bonds is 3. The standard InChI is InChI=1S/C8H12N2O2S/c1-2-12-7(11)6-13-8-9-4-3-5-10-8/h3-4H,2,5-6H2,1H3,(H,9,10). The molecule has 72 valence electrons. The zero-order valence-corrected chi connectivity index (χ0v) is 8.26. The maximum absolute atomic E-state index is 10.9. The van der Waals surface area contributed by atoms with E-state index in [9.17, 15) is 4.79 Å². The van der Waals surface area contributed by atoms with Crippen LogP contribution in [0, 0.1) is 0 Å². The summed E-state index contributed by atoms with van der Waals surface area (Å²) in [6.07, 6.45) is 3.73. The number of carbonyl (C=O) groups is 1. The summed E-state index contributed by atoms with van der Waals surface area (Å²) in [5, 5.41) is 3.71. The molecule has 0 spiro atoms. The Hall–Kier alpha value is -0.970. The zero-order valence-electron chi connectivity index (χ0n) is 7.45. The smallest absolute Gasteiger partial charge is 0.316 e. The molecule has 0 bridgehead atoms. The first-order chi connectivity index (χ1) is 6.33. The summed E-state index contributed by atoms with van der Waals surface area (Å²) >= 11 is 1.36. The normalized spacial score (nSPS) is 14.7. The number of aliphatic imine (C=N–C) groups is 1. The van der Waals surface area contributed by atoms with Crippen molar-refractivity contribution in [2.45, 2.75) is 6.92 Å². The minimum atomic E-state index is -0.202. The van der Waals surface area contributed by atoms with Gasteiger partial charge in [0, 0.05) is 6.20 Å². The van der Waals surface area contributed by atoms with E-state index in [1.165, 1.54) is 11.8 Å². The van der Waals surface area contributed by atoms with Crippen LogP contribution >= 0.6 is 11.8 Å². The van der Waals surface area contributed by atoms with Gasteiger partial charge >= 0.3 is 5.97 Å². The molecule has 0 saturated heterocycles. The van der Waals surface area contributed by atoms with E-state index in [-0.39, 0.29) is 5.97 Å². The van der Waals surface area contributed by atoms with Crippen molar-refractivity contribution in [1.29, 1.82) is 0 Å². The minimum Gasteiger partial charge on any atom is -0.465 e. The van der Waals surface area contributed by atoms with Crippen LogP contribution in [0.1, 0.15) is 6.92 Å². The van der Waals surface area contributed by atoms with E-state index in [1.54, 1.807) is 6.92 Å². The number of thioether (sulfide) groups is 1. The Morgan fingerprint density at radius 3 is 3.31 bits per heavy atom. The van der Waals surface area contributed by atoms with E-state index in [1.807, 2.05) is 12.3 Å². The number of nitrogens with zero attached hydrogens (tertiary/aromatic N) is 1. The second-order valence-corrected chi connectivity index (χ2v) is 3.25. The summed E-state index contributed by atoms with van der Waals surface area (Å²) < 4.78 is 4.77. The highest BCUT2D eigenvalue weighted by Gasteiger charge is 2.06. The van der Waals surface area contributed by atoms with Crippen LogP contribution in [0.3, 0.4) is 0 Å². The second-order valence-electron chi connectivity index (χ2n) is 2.29. The van der Waals surface area contributed by atoms with Gasteiger partial charge in [0.05, 0.1) is 18.9 Å². The second kappa shape index (κ2) is 5.64. The van der Waals surface area contributed by atoms with E-state index < -0.39 is 0 Å². The van der Waals surface area contributed by atoms with Crippen LogP contribution < -0.4 is 5.32 Å². The summed E-state index contributed by atoms with van der Waals surface area (Å²) in [5.74, 6) is 0.111. The van der Waals surface area contributed by atoms with Crippen molar-refractivity contribution in [3.05, 3.63) is 12.3 Å². The molecule has 0 aromatic heterocycles. The first-order valence-electron chi connectivity index (χ1n) is 4.07. The Morgan fingerprint density at radius 2 is 2.69 bits per heavy atom. The van der Waals surface area contributed by atoms with Gasteiger partial charge in [-0.3, -0.25) is 9.79 Å². The molecule has 0 radical (unpaired) electrons. The molecule has 5 heteroatoms. The van der Waals surface area contributed by atoms with E-state index in [0.717, 1.165) is 5.17 Å². The Balaban J connectivity index is 2.18. The zero-order chi connectivity index (χ0) is 9.52. The van der Waals surface area contributed by atoms with Crippen molar-refractivity contribution in [3.63, 3.8) is 0 Å². The van der Waals surface area contributed by atoms with Gasteiger partial charge in [-0.05, 0) is 13.0 Å². The van der Waals surface area contributed by atoms with Crippen LogP contribution in [0.2, 0.25) is 0 Å². The minimum absolute atomic E-state index is 0.202. The van der Waals surface area contributed by atoms with Crippen LogP contribution in [0.25, 0.3) is 0 Å². The van der Waals surface area contributed by atoms with Gasteiger partial charge in [0.15, 0.2) is 5.17 Å². The van der Waals surface area contributed by atoms with Crippen LogP contribution in [-0.2, 0) is 9.53 Å². The Labute approximate surface area is 81.4 Å². The summed E-state index contributed by atoms with van der Waals surface area (Å²) in [5.41, 5.74) is 0. The van der Waals surface area contributed by atoms with Gasteiger partial charge in [0.1, 0.15) is 0 Å². The Bertz CT molecular complexity index is 238. The van der Waals surface area contributed by atoms with Gasteiger partial charge in [-0.25, -0.2) is 0 Å². The molecule has 1 N–H and O–H groups in total. The third-order valence-corrected chi connectivity index (χ3v) is 2.20. The Kier molecular flexibility index (Phi) is 4.39. The maximum Gasteiger partial charge on any atom is 0.316 e. The molecule has 13 heavy (non-hydrogen) atoms. The fourth-order valence-corrected chi connectivity index (χ4v) is 1.44. The molecule has 0 atom stereocenters. The number of hydrogen-bond donors (Lipinski definition) is 1. The summed E-state index contributed by atoms with van der Waals surface area (Å²) in [7, 11) is 0. The largest absolute Gasteiger partial charge is 0.465 e. The predicted octanol–water partition coefficient (Wildman–Crippen LogP) is 0.756. The van der Waals surface area contributed by atoms with Gasteiger partial charge in [-0.2, -0.15) is 0 Å². The van der Waals surface area contributed by atoms with Crippen molar-refractivity contribution in [2.24, 2.45) is 4.99 Å². The Morgan fingerprint density at radius 1 is 1.85 bits per heavy atom. The number of hydrogen-bond acceptors (Lipinski definition) is 5. The SMILES string of the molecule is CCOC(=O)CSC1=NCC=CN1. The number of esters is 1. The predicted molar refractivity (Wildman–Crippen MR) is 53.7 cm³/mol. The molecule has 0 aromatic rings. The van der Waals surface area contributed by atoms with Crippen molar-refractivity contribution in [3.8, 4) is 0 Å². The molecule has 1 heterocycles. The number of carbonyl (C=O) groups excluding carboxylic acids is 1. The highest BCUT2D eigenvalue weighted by molar-refractivity contribution is 8.14. The maximum atomic E-state index is 10.9. The molecular weight excluding hydrogens is 188 g/mol. The van der Waals surface area contributed by atoms with Gasteiger partial charge in [-0.15, -0.1) is 0 Å². The molecule has 0 aromatic carbocycles. The molecule has 1 aliphatic rings. The summed E-state index contributed by atoms with van der Waals surface area (Å²) in [6, 6.07) is 0. The third-order valence-electron chi connectivity index (χ3n) is 1.30. The lowest BCUT2D eigenvalue weighted by molar-refractivity contribution is -0.139. The van der Waals surface area contributed by atoms with E-state index in [0.29, 0.717) is 18.9 Å². The van der Waals surface area contributed by atoms with Gasteiger partial charge in [-0.1, -0.05) is 11.8 Å². The molecule has 1 aliphatic heterocycles. The number of nitrogens with one attached hydrogen (secondary N) is 1. The molecule has 0 amide bonds. The quantitative estimate of drug-likeness (QED) is 0.683. The van der Waals surface area contributed by atoms with Crippen LogP contribution in [0.4, 0.5) is 0 Å². The highest BCUT2D eigenvalue weighted by atomic mass is 32.2. The van der Waals surface area contributed by atoms with Crippen molar-refractivity contribution >= 4 is 22.9 Å². The third kappa shape index (κ3) is 3.98. The average Bonchev–Trinajstić information content (AvgIpc) is 2.17. The first-order valence-corrected chi connectivity index (χ1v) is 5.06. The fraction of sp³-hybridized carbons (Fsp3) is 0.500. The number of amidine groups is 1. The monoisotopic (exact) mass is 200 g/mol. The van der Waals surface area contributed by atoms with Gasteiger partial charge in [0.25, 0.3) is 0 Å². The van der Waals surface area contributed by atoms with Gasteiger partial charge < -0.3 is 10.1 Å². The van der Waals surface area contributed by atoms with Crippen molar-refractivity contribution in [1.82, 2.24) is 5.32 Å². The fourth-order valence-electron chi connectivity index (χ4n) is 0.781. The molecule has 0 unspecified atom stereocenters. The van der Waals surface area contributed by atoms with E-state index >= 15 is 0 Å². The molecular formula is C8H12N2O2S. The van der Waals surface area contributed by atoms with E-state index in [4.69, 9.17) is 4.74 Å².